The van der Waals surface area contributed by atoms with Crippen LogP contribution in [0.25, 0.3) is 0 Å². The molecule has 0 amide bonds. The van der Waals surface area contributed by atoms with Crippen molar-refractivity contribution in [2.75, 3.05) is 18.6 Å². The Morgan fingerprint density at radius 2 is 2.11 bits per heavy atom. The minimum atomic E-state index is -2.42. The Kier molecular flexibility index (Phi) is 3.31. The first kappa shape index (κ1) is 11.7. The molecule has 0 unspecified atom stereocenters. The summed E-state index contributed by atoms with van der Waals surface area (Å²) < 4.78 is 19.6. The molecule has 94 valence electrons. The lowest BCUT2D eigenvalue weighted by Crippen LogP contribution is -2.10. The molecule has 1 N–H and O–H groups in total. The summed E-state index contributed by atoms with van der Waals surface area (Å²) in [5.41, 5.74) is 0.677. The number of aromatic nitrogens is 2. The van der Waals surface area contributed by atoms with E-state index in [2.05, 4.69) is 15.3 Å². The Balaban J connectivity index is 2.44. The molecule has 0 radical (unpaired) electrons. The number of para-hydroxylation sites is 1. The number of nitrogens with zero attached hydrogens (tertiary/aromatic N) is 2. The smallest absolute Gasteiger partial charge is 0.152 e. The molecule has 1 aromatic carbocycles. The van der Waals surface area contributed by atoms with E-state index in [1.165, 1.54) is 6.20 Å². The highest BCUT2D eigenvalue weighted by molar-refractivity contribution is 7.70. The van der Waals surface area contributed by atoms with E-state index in [4.69, 9.17) is 13.0 Å². The summed E-state index contributed by atoms with van der Waals surface area (Å²) in [4.78, 5) is 7.59. The average molecular weight is 283 g/mol. The molecule has 6 heteroatoms. The fourth-order valence-electron chi connectivity index (χ4n) is 1.54. The minimum absolute atomic E-state index is 0.124. The lowest BCUT2D eigenvalue weighted by Gasteiger charge is -2.14. The Hall–Kier alpha value is -1.38. The first-order valence-electron chi connectivity index (χ1n) is 5.78. The van der Waals surface area contributed by atoms with Gasteiger partial charge in [-0.25, -0.2) is 9.97 Å². The molecule has 1 aromatic heterocycles. The van der Waals surface area contributed by atoms with E-state index < -0.39 is 7.14 Å². The van der Waals surface area contributed by atoms with Crippen molar-refractivity contribution < 1.29 is 5.94 Å². The minimum Gasteiger partial charge on any atom is -0.338 e. The summed E-state index contributed by atoms with van der Waals surface area (Å²) in [6, 6.07) is 7.27. The quantitative estimate of drug-likeness (QED) is 0.879. The van der Waals surface area contributed by atoms with Crippen LogP contribution < -0.4 is 10.6 Å². The van der Waals surface area contributed by atoms with Crippen molar-refractivity contribution in [3.8, 4) is 0 Å². The third kappa shape index (κ3) is 2.89. The van der Waals surface area contributed by atoms with E-state index in [9.17, 15) is 4.57 Å². The molecule has 0 saturated carbocycles. The van der Waals surface area contributed by atoms with Gasteiger partial charge in [0.2, 0.25) is 0 Å². The molecule has 1 heterocycles. The fraction of sp³-hybridized carbons (Fsp3) is 0.167. The number of benzene rings is 1. The Labute approximate surface area is 112 Å². The first-order chi connectivity index (χ1) is 8.88. The largest absolute Gasteiger partial charge is 0.338 e. The normalized spacial score (nSPS) is 12.1. The van der Waals surface area contributed by atoms with Gasteiger partial charge in [0.25, 0.3) is 0 Å². The van der Waals surface area contributed by atoms with Crippen LogP contribution in [0, 0.1) is 0 Å². The Morgan fingerprint density at radius 3 is 2.83 bits per heavy atom. The standard InChI is InChI=1S/C12H13ClN3OP/c1-18(2,17)11-6-4-3-5-10(11)16-12-9(13)7-14-8-15-12/h3-8H,1-2H3,(H,14,15,16)/i8D. The molecule has 2 aromatic rings. The number of rotatable bonds is 3. The van der Waals surface area contributed by atoms with E-state index in [1.54, 1.807) is 25.5 Å². The average Bonchev–Trinajstić information content (AvgIpc) is 2.33. The molecule has 0 fully saturated rings. The molecule has 0 aliphatic rings. The van der Waals surface area contributed by atoms with Crippen LogP contribution in [0.1, 0.15) is 1.37 Å². The van der Waals surface area contributed by atoms with E-state index in [0.717, 1.165) is 5.30 Å². The summed E-state index contributed by atoms with van der Waals surface area (Å²) >= 11 is 5.97. The van der Waals surface area contributed by atoms with Crippen molar-refractivity contribution in [1.82, 2.24) is 9.97 Å². The van der Waals surface area contributed by atoms with Gasteiger partial charge in [-0.15, -0.1) is 0 Å². The number of halogens is 1. The molecule has 0 spiro atoms. The first-order valence-corrected chi connectivity index (χ1v) is 8.26. The van der Waals surface area contributed by atoms with Crippen molar-refractivity contribution in [3.05, 3.63) is 41.8 Å². The summed E-state index contributed by atoms with van der Waals surface area (Å²) in [6.07, 6.45) is 1.24. The van der Waals surface area contributed by atoms with E-state index in [-0.39, 0.29) is 6.30 Å². The molecule has 18 heavy (non-hydrogen) atoms. The maximum atomic E-state index is 12.2. The van der Waals surface area contributed by atoms with Crippen LogP contribution in [0.3, 0.4) is 0 Å². The monoisotopic (exact) mass is 282 g/mol. The second-order valence-electron chi connectivity index (χ2n) is 4.16. The molecule has 0 saturated heterocycles. The molecule has 2 rings (SSSR count). The van der Waals surface area contributed by atoms with Crippen molar-refractivity contribution >= 4 is 35.6 Å². The van der Waals surface area contributed by atoms with Crippen LogP contribution in [-0.4, -0.2) is 23.3 Å². The maximum absolute atomic E-state index is 12.2. The molecule has 4 nitrogen and oxygen atoms in total. The third-order valence-corrected chi connectivity index (χ3v) is 4.19. The van der Waals surface area contributed by atoms with Crippen molar-refractivity contribution in [3.63, 3.8) is 0 Å². The van der Waals surface area contributed by atoms with Crippen molar-refractivity contribution in [2.24, 2.45) is 0 Å². The number of hydrogen-bond donors (Lipinski definition) is 1. The van der Waals surface area contributed by atoms with Gasteiger partial charge in [0, 0.05) is 5.30 Å². The SMILES string of the molecule is [2H]c1ncc(Cl)c(Nc2ccccc2P(C)(C)=O)n1. The van der Waals surface area contributed by atoms with Gasteiger partial charge in [0.15, 0.2) is 5.82 Å². The number of nitrogens with one attached hydrogen (secondary N) is 1. The molecular formula is C12H13ClN3OP. The summed E-state index contributed by atoms with van der Waals surface area (Å²) in [5, 5.41) is 4.04. The fourth-order valence-corrected chi connectivity index (χ4v) is 2.84. The molecule has 0 aliphatic heterocycles. The molecule has 0 atom stereocenters. The zero-order valence-electron chi connectivity index (χ0n) is 11.0. The highest BCUT2D eigenvalue weighted by Gasteiger charge is 2.16. The molecule has 0 aliphatic carbocycles. The predicted molar refractivity (Wildman–Crippen MR) is 75.9 cm³/mol. The zero-order valence-corrected chi connectivity index (χ0v) is 11.7. The van der Waals surface area contributed by atoms with Gasteiger partial charge >= 0.3 is 0 Å². The van der Waals surface area contributed by atoms with Gasteiger partial charge in [0.1, 0.15) is 19.8 Å². The molecule has 0 bridgehead atoms. The van der Waals surface area contributed by atoms with Crippen LogP contribution in [0.5, 0.6) is 0 Å². The predicted octanol–water partition coefficient (Wildman–Crippen LogP) is 3.12. The maximum Gasteiger partial charge on any atom is 0.152 e. The van der Waals surface area contributed by atoms with Crippen LogP contribution >= 0.6 is 18.7 Å². The Morgan fingerprint density at radius 1 is 1.39 bits per heavy atom. The van der Waals surface area contributed by atoms with Gasteiger partial charge < -0.3 is 9.88 Å². The molecular weight excluding hydrogens is 269 g/mol. The van der Waals surface area contributed by atoms with Crippen molar-refractivity contribution in [1.29, 1.82) is 0 Å². The lowest BCUT2D eigenvalue weighted by molar-refractivity contribution is 0.588. The zero-order chi connectivity index (χ0) is 14.0. The topological polar surface area (TPSA) is 54.9 Å². The van der Waals surface area contributed by atoms with Gasteiger partial charge in [-0.05, 0) is 25.5 Å². The van der Waals surface area contributed by atoms with Crippen molar-refractivity contribution in [2.45, 2.75) is 0 Å². The highest BCUT2D eigenvalue weighted by atomic mass is 35.5. The Bertz CT molecular complexity index is 659. The number of hydrogen-bond acceptors (Lipinski definition) is 4. The summed E-state index contributed by atoms with van der Waals surface area (Å²) in [5.74, 6) is 0.336. The van der Waals surface area contributed by atoms with Gasteiger partial charge in [0.05, 0.1) is 11.9 Å². The highest BCUT2D eigenvalue weighted by Crippen LogP contribution is 2.38. The number of anilines is 2. The van der Waals surface area contributed by atoms with Crippen LogP contribution in [-0.2, 0) is 4.57 Å². The van der Waals surface area contributed by atoms with E-state index in [0.29, 0.717) is 16.5 Å². The van der Waals surface area contributed by atoms with E-state index >= 15 is 0 Å². The lowest BCUT2D eigenvalue weighted by atomic mass is 10.3. The second-order valence-corrected chi connectivity index (χ2v) is 7.75. The van der Waals surface area contributed by atoms with Crippen LogP contribution in [0.15, 0.2) is 36.8 Å². The van der Waals surface area contributed by atoms with Crippen LogP contribution in [0.4, 0.5) is 11.5 Å². The van der Waals surface area contributed by atoms with Gasteiger partial charge in [-0.1, -0.05) is 23.7 Å². The summed E-state index contributed by atoms with van der Waals surface area (Å²) in [7, 11) is -2.42. The summed E-state index contributed by atoms with van der Waals surface area (Å²) in [6.45, 7) is 3.40. The van der Waals surface area contributed by atoms with Crippen LogP contribution in [0.2, 0.25) is 5.02 Å². The van der Waals surface area contributed by atoms with E-state index in [1.807, 2.05) is 12.1 Å². The van der Waals surface area contributed by atoms with Gasteiger partial charge in [-0.2, -0.15) is 0 Å². The van der Waals surface area contributed by atoms with Gasteiger partial charge in [-0.3, -0.25) is 0 Å². The third-order valence-electron chi connectivity index (χ3n) is 2.36. The second kappa shape index (κ2) is 5.09.